The van der Waals surface area contributed by atoms with Gasteiger partial charge in [-0.3, -0.25) is 0 Å². The second kappa shape index (κ2) is 5.90. The third-order valence-electron chi connectivity index (χ3n) is 3.37. The van der Waals surface area contributed by atoms with E-state index in [1.54, 1.807) is 34.9 Å². The summed E-state index contributed by atoms with van der Waals surface area (Å²) in [6.45, 7) is -0.0473. The average molecular weight is 316 g/mol. The van der Waals surface area contributed by atoms with Crippen LogP contribution in [-0.4, -0.2) is 22.9 Å². The Hall–Kier alpha value is -2.18. The first-order chi connectivity index (χ1) is 10.6. The van der Waals surface area contributed by atoms with E-state index in [9.17, 15) is 8.42 Å². The molecule has 0 atom stereocenters. The minimum Gasteiger partial charge on any atom is -0.392 e. The van der Waals surface area contributed by atoms with Gasteiger partial charge in [0, 0.05) is 12.4 Å². The number of hydrogen-bond donors (Lipinski definition) is 1. The molecule has 6 heteroatoms. The molecular formula is C16H16N2O3S. The van der Waals surface area contributed by atoms with Gasteiger partial charge in [0.15, 0.2) is 9.84 Å². The molecule has 5 nitrogen and oxygen atoms in total. The van der Waals surface area contributed by atoms with E-state index in [1.165, 1.54) is 0 Å². The standard InChI is InChI=1S/C16H16N2O3S/c19-10-13-4-6-14(7-5-13)11-22(20,21)12-15-9-18-8-2-1-3-16(18)17-15/h1-9,19H,10-12H2. The van der Waals surface area contributed by atoms with Gasteiger partial charge >= 0.3 is 0 Å². The molecule has 0 saturated heterocycles. The van der Waals surface area contributed by atoms with Crippen LogP contribution < -0.4 is 0 Å². The Morgan fingerprint density at radius 2 is 1.73 bits per heavy atom. The number of aliphatic hydroxyl groups excluding tert-OH is 1. The van der Waals surface area contributed by atoms with Crippen molar-refractivity contribution < 1.29 is 13.5 Å². The van der Waals surface area contributed by atoms with E-state index in [1.807, 2.05) is 24.4 Å². The number of fused-ring (bicyclic) bond motifs is 1. The summed E-state index contributed by atoms with van der Waals surface area (Å²) >= 11 is 0. The molecule has 114 valence electrons. The molecule has 3 rings (SSSR count). The van der Waals surface area contributed by atoms with Gasteiger partial charge < -0.3 is 9.51 Å². The molecule has 0 aliphatic carbocycles. The van der Waals surface area contributed by atoms with E-state index >= 15 is 0 Å². The van der Waals surface area contributed by atoms with E-state index in [0.717, 1.165) is 11.2 Å². The van der Waals surface area contributed by atoms with Gasteiger partial charge in [-0.1, -0.05) is 30.3 Å². The Labute approximate surface area is 128 Å². The van der Waals surface area contributed by atoms with Gasteiger partial charge in [-0.05, 0) is 23.3 Å². The van der Waals surface area contributed by atoms with Crippen LogP contribution in [-0.2, 0) is 27.9 Å². The van der Waals surface area contributed by atoms with Crippen molar-refractivity contribution in [1.82, 2.24) is 9.38 Å². The first kappa shape index (κ1) is 14.7. The summed E-state index contributed by atoms with van der Waals surface area (Å²) in [7, 11) is -3.29. The van der Waals surface area contributed by atoms with Crippen molar-refractivity contribution in [2.24, 2.45) is 0 Å². The SMILES string of the molecule is O=S(=O)(Cc1ccc(CO)cc1)Cc1cn2ccccc2n1. The smallest absolute Gasteiger partial charge is 0.160 e. The van der Waals surface area contributed by atoms with Crippen LogP contribution in [0, 0.1) is 0 Å². The minimum atomic E-state index is -3.29. The molecule has 0 aliphatic rings. The molecule has 0 fully saturated rings. The Kier molecular flexibility index (Phi) is 3.96. The lowest BCUT2D eigenvalue weighted by Gasteiger charge is -2.04. The third-order valence-corrected chi connectivity index (χ3v) is 4.88. The van der Waals surface area contributed by atoms with Crippen LogP contribution in [0.4, 0.5) is 0 Å². The van der Waals surface area contributed by atoms with Crippen molar-refractivity contribution >= 4 is 15.5 Å². The topological polar surface area (TPSA) is 71.7 Å². The number of aliphatic hydroxyl groups is 1. The highest BCUT2D eigenvalue weighted by atomic mass is 32.2. The molecule has 0 unspecified atom stereocenters. The van der Waals surface area contributed by atoms with Crippen LogP contribution in [0.2, 0.25) is 0 Å². The first-order valence-electron chi connectivity index (χ1n) is 6.87. The minimum absolute atomic E-state index is 0.0351. The molecule has 0 radical (unpaired) electrons. The lowest BCUT2D eigenvalue weighted by Crippen LogP contribution is -2.08. The zero-order valence-electron chi connectivity index (χ0n) is 11.9. The quantitative estimate of drug-likeness (QED) is 0.781. The van der Waals surface area contributed by atoms with Crippen LogP contribution in [0.3, 0.4) is 0 Å². The first-order valence-corrected chi connectivity index (χ1v) is 8.69. The van der Waals surface area contributed by atoms with Crippen LogP contribution in [0.15, 0.2) is 54.9 Å². The molecule has 0 amide bonds. The summed E-state index contributed by atoms with van der Waals surface area (Å²) in [5, 5.41) is 9.00. The van der Waals surface area contributed by atoms with Gasteiger partial charge in [-0.25, -0.2) is 13.4 Å². The van der Waals surface area contributed by atoms with E-state index in [2.05, 4.69) is 4.98 Å². The Morgan fingerprint density at radius 1 is 1.00 bits per heavy atom. The van der Waals surface area contributed by atoms with E-state index in [-0.39, 0.29) is 18.1 Å². The van der Waals surface area contributed by atoms with E-state index < -0.39 is 9.84 Å². The van der Waals surface area contributed by atoms with Crippen molar-refractivity contribution in [3.63, 3.8) is 0 Å². The van der Waals surface area contributed by atoms with Gasteiger partial charge in [0.05, 0.1) is 23.8 Å². The fourth-order valence-electron chi connectivity index (χ4n) is 2.33. The lowest BCUT2D eigenvalue weighted by atomic mass is 10.2. The maximum atomic E-state index is 12.3. The number of benzene rings is 1. The summed E-state index contributed by atoms with van der Waals surface area (Å²) in [4.78, 5) is 4.32. The molecular weight excluding hydrogens is 300 g/mol. The zero-order valence-corrected chi connectivity index (χ0v) is 12.7. The van der Waals surface area contributed by atoms with Gasteiger partial charge in [0.25, 0.3) is 0 Å². The molecule has 3 aromatic rings. The Balaban J connectivity index is 1.77. The zero-order chi connectivity index (χ0) is 15.6. The summed E-state index contributed by atoms with van der Waals surface area (Å²) in [6.07, 6.45) is 3.58. The molecule has 1 N–H and O–H groups in total. The molecule has 0 aliphatic heterocycles. The second-order valence-electron chi connectivity index (χ2n) is 5.21. The summed E-state index contributed by atoms with van der Waals surface area (Å²) in [5.74, 6) is -0.122. The normalized spacial score (nSPS) is 11.9. The number of rotatable bonds is 5. The predicted molar refractivity (Wildman–Crippen MR) is 83.9 cm³/mol. The highest BCUT2D eigenvalue weighted by Gasteiger charge is 2.15. The summed E-state index contributed by atoms with van der Waals surface area (Å²) < 4.78 is 26.4. The monoisotopic (exact) mass is 316 g/mol. The van der Waals surface area contributed by atoms with Crippen molar-refractivity contribution in [2.45, 2.75) is 18.1 Å². The predicted octanol–water partition coefficient (Wildman–Crippen LogP) is 1.94. The molecule has 2 aromatic heterocycles. The maximum Gasteiger partial charge on any atom is 0.160 e. The maximum absolute atomic E-state index is 12.3. The Bertz CT molecular complexity index is 850. The highest BCUT2D eigenvalue weighted by molar-refractivity contribution is 7.89. The van der Waals surface area contributed by atoms with Crippen molar-refractivity contribution in [1.29, 1.82) is 0 Å². The van der Waals surface area contributed by atoms with Gasteiger partial charge in [-0.15, -0.1) is 0 Å². The van der Waals surface area contributed by atoms with Crippen LogP contribution in [0.5, 0.6) is 0 Å². The molecule has 2 heterocycles. The van der Waals surface area contributed by atoms with E-state index in [0.29, 0.717) is 11.3 Å². The second-order valence-corrected chi connectivity index (χ2v) is 7.27. The molecule has 1 aromatic carbocycles. The van der Waals surface area contributed by atoms with Gasteiger partial charge in [0.2, 0.25) is 0 Å². The van der Waals surface area contributed by atoms with Crippen molar-refractivity contribution in [3.8, 4) is 0 Å². The largest absolute Gasteiger partial charge is 0.392 e. The van der Waals surface area contributed by atoms with Crippen LogP contribution in [0.25, 0.3) is 5.65 Å². The molecule has 0 bridgehead atoms. The molecule has 22 heavy (non-hydrogen) atoms. The Morgan fingerprint density at radius 3 is 2.41 bits per heavy atom. The number of imidazole rings is 1. The van der Waals surface area contributed by atoms with Crippen molar-refractivity contribution in [3.05, 3.63) is 71.7 Å². The van der Waals surface area contributed by atoms with Crippen LogP contribution >= 0.6 is 0 Å². The summed E-state index contributed by atoms with van der Waals surface area (Å²) in [5.41, 5.74) is 2.75. The fraction of sp³-hybridized carbons (Fsp3) is 0.188. The molecule has 0 saturated carbocycles. The highest BCUT2D eigenvalue weighted by Crippen LogP contribution is 2.14. The summed E-state index contributed by atoms with van der Waals surface area (Å²) in [6, 6.07) is 12.5. The number of nitrogens with zero attached hydrogens (tertiary/aromatic N) is 2. The van der Waals surface area contributed by atoms with Gasteiger partial charge in [-0.2, -0.15) is 0 Å². The third kappa shape index (κ3) is 3.35. The van der Waals surface area contributed by atoms with Crippen LogP contribution in [0.1, 0.15) is 16.8 Å². The average Bonchev–Trinajstić information content (AvgIpc) is 2.88. The number of aromatic nitrogens is 2. The number of hydrogen-bond acceptors (Lipinski definition) is 4. The molecule has 0 spiro atoms. The van der Waals surface area contributed by atoms with Gasteiger partial charge in [0.1, 0.15) is 5.65 Å². The number of sulfone groups is 1. The fourth-order valence-corrected chi connectivity index (χ4v) is 3.72. The van der Waals surface area contributed by atoms with Crippen molar-refractivity contribution in [2.75, 3.05) is 0 Å². The lowest BCUT2D eigenvalue weighted by molar-refractivity contribution is 0.282. The van der Waals surface area contributed by atoms with E-state index in [4.69, 9.17) is 5.11 Å². The number of pyridine rings is 1.